The Hall–Kier alpha value is -1.62. The molecule has 1 N–H and O–H groups in total. The molecule has 0 saturated carbocycles. The van der Waals surface area contributed by atoms with Gasteiger partial charge in [0.2, 0.25) is 5.78 Å². The van der Waals surface area contributed by atoms with Crippen LogP contribution >= 0.6 is 11.6 Å². The van der Waals surface area contributed by atoms with Gasteiger partial charge in [-0.15, -0.1) is 0 Å². The SMILES string of the molecule is Cc1nn(C)c(Cl)c1CC(=O)c1ncc[nH]1. The van der Waals surface area contributed by atoms with Crippen LogP contribution in [0, 0.1) is 6.92 Å². The second kappa shape index (κ2) is 4.09. The summed E-state index contributed by atoms with van der Waals surface area (Å²) in [6.45, 7) is 1.83. The number of hydrogen-bond acceptors (Lipinski definition) is 3. The predicted molar refractivity (Wildman–Crippen MR) is 59.6 cm³/mol. The average molecular weight is 239 g/mol. The van der Waals surface area contributed by atoms with Crippen LogP contribution in [0.4, 0.5) is 0 Å². The van der Waals surface area contributed by atoms with E-state index in [1.54, 1.807) is 24.1 Å². The maximum absolute atomic E-state index is 11.8. The van der Waals surface area contributed by atoms with Crippen molar-refractivity contribution in [1.82, 2.24) is 19.7 Å². The van der Waals surface area contributed by atoms with E-state index in [1.807, 2.05) is 6.92 Å². The minimum Gasteiger partial charge on any atom is -0.342 e. The minimum atomic E-state index is -0.0944. The van der Waals surface area contributed by atoms with Gasteiger partial charge in [-0.3, -0.25) is 9.48 Å². The molecule has 16 heavy (non-hydrogen) atoms. The summed E-state index contributed by atoms with van der Waals surface area (Å²) in [6.07, 6.45) is 3.38. The van der Waals surface area contributed by atoms with Gasteiger partial charge in [-0.1, -0.05) is 11.6 Å². The molecule has 84 valence electrons. The molecule has 2 rings (SSSR count). The summed E-state index contributed by atoms with van der Waals surface area (Å²) in [6, 6.07) is 0. The molecule has 2 aromatic rings. The minimum absolute atomic E-state index is 0.0944. The molecule has 6 heteroatoms. The van der Waals surface area contributed by atoms with E-state index in [9.17, 15) is 4.79 Å². The maximum Gasteiger partial charge on any atom is 0.202 e. The second-order valence-corrected chi connectivity index (χ2v) is 3.87. The molecule has 0 saturated heterocycles. The number of aryl methyl sites for hydroxylation is 2. The number of rotatable bonds is 3. The lowest BCUT2D eigenvalue weighted by Crippen LogP contribution is -2.06. The number of aromatic nitrogens is 4. The molecule has 0 unspecified atom stereocenters. The van der Waals surface area contributed by atoms with Crippen molar-refractivity contribution < 1.29 is 4.79 Å². The first-order valence-electron chi connectivity index (χ1n) is 4.80. The van der Waals surface area contributed by atoms with Gasteiger partial charge in [0.1, 0.15) is 5.15 Å². The summed E-state index contributed by atoms with van der Waals surface area (Å²) in [4.78, 5) is 18.5. The molecule has 0 bridgehead atoms. The number of Topliss-reactive ketones (excluding diaryl/α,β-unsaturated/α-hetero) is 1. The first kappa shape index (κ1) is 10.9. The zero-order valence-corrected chi connectivity index (χ0v) is 9.75. The number of nitrogens with zero attached hydrogens (tertiary/aromatic N) is 3. The fraction of sp³-hybridized carbons (Fsp3) is 0.300. The van der Waals surface area contributed by atoms with Crippen molar-refractivity contribution in [3.63, 3.8) is 0 Å². The van der Waals surface area contributed by atoms with Crippen LogP contribution in [0.5, 0.6) is 0 Å². The van der Waals surface area contributed by atoms with Crippen LogP contribution in [0.15, 0.2) is 12.4 Å². The quantitative estimate of drug-likeness (QED) is 0.825. The molecule has 0 amide bonds. The second-order valence-electron chi connectivity index (χ2n) is 3.52. The Morgan fingerprint density at radius 3 is 2.88 bits per heavy atom. The molecular weight excluding hydrogens is 228 g/mol. The van der Waals surface area contributed by atoms with E-state index in [-0.39, 0.29) is 12.2 Å². The number of aromatic amines is 1. The molecule has 0 fully saturated rings. The first-order valence-corrected chi connectivity index (χ1v) is 5.18. The highest BCUT2D eigenvalue weighted by Gasteiger charge is 2.17. The summed E-state index contributed by atoms with van der Waals surface area (Å²) >= 11 is 6.04. The van der Waals surface area contributed by atoms with Gasteiger partial charge in [0.25, 0.3) is 0 Å². The van der Waals surface area contributed by atoms with E-state index < -0.39 is 0 Å². The van der Waals surface area contributed by atoms with Crippen LogP contribution in [0.3, 0.4) is 0 Å². The van der Waals surface area contributed by atoms with Crippen molar-refractivity contribution in [2.75, 3.05) is 0 Å². The van der Waals surface area contributed by atoms with E-state index in [4.69, 9.17) is 11.6 Å². The van der Waals surface area contributed by atoms with E-state index in [0.717, 1.165) is 11.3 Å². The Bertz CT molecular complexity index is 515. The standard InChI is InChI=1S/C10H11ClN4O/c1-6-7(9(11)15(2)14-6)5-8(16)10-12-3-4-13-10/h3-4H,5H2,1-2H3,(H,12,13). The van der Waals surface area contributed by atoms with Gasteiger partial charge in [0, 0.05) is 31.4 Å². The molecule has 0 aliphatic heterocycles. The highest BCUT2D eigenvalue weighted by Crippen LogP contribution is 2.19. The number of hydrogen-bond donors (Lipinski definition) is 1. The highest BCUT2D eigenvalue weighted by molar-refractivity contribution is 6.30. The maximum atomic E-state index is 11.8. The molecule has 0 aliphatic carbocycles. The Labute approximate surface area is 97.4 Å². The molecule has 2 aromatic heterocycles. The van der Waals surface area contributed by atoms with Gasteiger partial charge in [-0.05, 0) is 6.92 Å². The molecule has 0 radical (unpaired) electrons. The molecular formula is C10H11ClN4O. The molecule has 0 aliphatic rings. The summed E-state index contributed by atoms with van der Waals surface area (Å²) in [5.41, 5.74) is 1.53. The Kier molecular flexibility index (Phi) is 2.78. The van der Waals surface area contributed by atoms with E-state index >= 15 is 0 Å². The van der Waals surface area contributed by atoms with E-state index in [0.29, 0.717) is 11.0 Å². The van der Waals surface area contributed by atoms with Crippen molar-refractivity contribution in [2.45, 2.75) is 13.3 Å². The lowest BCUT2D eigenvalue weighted by Gasteiger charge is -1.98. The average Bonchev–Trinajstić information content (AvgIpc) is 2.83. The van der Waals surface area contributed by atoms with Crippen molar-refractivity contribution in [3.05, 3.63) is 34.6 Å². The number of H-pyrrole nitrogens is 1. The van der Waals surface area contributed by atoms with Gasteiger partial charge in [-0.2, -0.15) is 5.10 Å². The van der Waals surface area contributed by atoms with Crippen LogP contribution in [0.1, 0.15) is 21.9 Å². The monoisotopic (exact) mass is 238 g/mol. The van der Waals surface area contributed by atoms with Crippen LogP contribution in [-0.2, 0) is 13.5 Å². The number of imidazole rings is 1. The van der Waals surface area contributed by atoms with Crippen molar-refractivity contribution >= 4 is 17.4 Å². The lowest BCUT2D eigenvalue weighted by molar-refractivity contribution is 0.0984. The van der Waals surface area contributed by atoms with Gasteiger partial charge < -0.3 is 4.98 Å². The fourth-order valence-corrected chi connectivity index (χ4v) is 1.78. The summed E-state index contributed by atoms with van der Waals surface area (Å²) in [7, 11) is 1.75. The number of carbonyl (C=O) groups is 1. The third-order valence-corrected chi connectivity index (χ3v) is 2.84. The zero-order chi connectivity index (χ0) is 11.7. The van der Waals surface area contributed by atoms with Crippen molar-refractivity contribution in [2.24, 2.45) is 7.05 Å². The molecule has 0 spiro atoms. The zero-order valence-electron chi connectivity index (χ0n) is 8.99. The van der Waals surface area contributed by atoms with Crippen LogP contribution in [0.25, 0.3) is 0 Å². The van der Waals surface area contributed by atoms with E-state index in [2.05, 4.69) is 15.1 Å². The Morgan fingerprint density at radius 2 is 2.38 bits per heavy atom. The highest BCUT2D eigenvalue weighted by atomic mass is 35.5. The smallest absolute Gasteiger partial charge is 0.202 e. The van der Waals surface area contributed by atoms with Crippen LogP contribution < -0.4 is 0 Å². The molecule has 5 nitrogen and oxygen atoms in total. The van der Waals surface area contributed by atoms with E-state index in [1.165, 1.54) is 0 Å². The third kappa shape index (κ3) is 1.86. The number of ketones is 1. The number of nitrogens with one attached hydrogen (secondary N) is 1. The predicted octanol–water partition coefficient (Wildman–Crippen LogP) is 1.53. The largest absolute Gasteiger partial charge is 0.342 e. The normalized spacial score (nSPS) is 10.7. The number of halogens is 1. The summed E-state index contributed by atoms with van der Waals surface area (Å²) in [5, 5.41) is 4.64. The summed E-state index contributed by atoms with van der Waals surface area (Å²) in [5.74, 6) is 0.252. The fourth-order valence-electron chi connectivity index (χ4n) is 1.54. The molecule has 2 heterocycles. The van der Waals surface area contributed by atoms with Gasteiger partial charge in [0.15, 0.2) is 5.82 Å². The van der Waals surface area contributed by atoms with Crippen molar-refractivity contribution in [3.8, 4) is 0 Å². The first-order chi connectivity index (χ1) is 7.59. The number of carbonyl (C=O) groups excluding carboxylic acids is 1. The van der Waals surface area contributed by atoms with Gasteiger partial charge in [-0.25, -0.2) is 4.98 Å². The summed E-state index contributed by atoms with van der Waals surface area (Å²) < 4.78 is 1.56. The van der Waals surface area contributed by atoms with Crippen LogP contribution in [-0.4, -0.2) is 25.5 Å². The molecule has 0 aromatic carbocycles. The Balaban J connectivity index is 2.25. The van der Waals surface area contributed by atoms with Gasteiger partial charge in [0.05, 0.1) is 5.69 Å². The lowest BCUT2D eigenvalue weighted by atomic mass is 10.1. The van der Waals surface area contributed by atoms with Crippen LogP contribution in [0.2, 0.25) is 5.15 Å². The third-order valence-electron chi connectivity index (χ3n) is 2.37. The topological polar surface area (TPSA) is 63.6 Å². The Morgan fingerprint density at radius 1 is 1.62 bits per heavy atom. The van der Waals surface area contributed by atoms with Crippen molar-refractivity contribution in [1.29, 1.82) is 0 Å². The van der Waals surface area contributed by atoms with Gasteiger partial charge >= 0.3 is 0 Å². The molecule has 0 atom stereocenters.